The van der Waals surface area contributed by atoms with Crippen molar-refractivity contribution in [3.8, 4) is 0 Å². The third kappa shape index (κ3) is 5.28. The molecule has 0 aromatic heterocycles. The predicted molar refractivity (Wildman–Crippen MR) is 76.0 cm³/mol. The first-order chi connectivity index (χ1) is 9.76. The number of hydrogen-bond acceptors (Lipinski definition) is 5. The molecule has 0 unspecified atom stereocenters. The number of carbonyl (C=O) groups is 2. The van der Waals surface area contributed by atoms with Crippen LogP contribution < -0.4 is 0 Å². The lowest BCUT2D eigenvalue weighted by Crippen LogP contribution is -2.35. The van der Waals surface area contributed by atoms with Crippen LogP contribution in [0.4, 0.5) is 4.79 Å². The van der Waals surface area contributed by atoms with Crippen molar-refractivity contribution in [2.45, 2.75) is 33.3 Å². The standard InChI is InChI=1S/C15H19NO5/c1-5-20-13(18)12-8-11(10-17)6-7-16(9-12)14(19)21-15(2,3)4/h6-8H,5,9H2,1-4H3. The fraction of sp³-hybridized carbons (Fsp3) is 0.467. The van der Waals surface area contributed by atoms with Crippen molar-refractivity contribution in [1.29, 1.82) is 0 Å². The highest BCUT2D eigenvalue weighted by molar-refractivity contribution is 5.91. The van der Waals surface area contributed by atoms with Gasteiger partial charge in [0.2, 0.25) is 0 Å². The lowest BCUT2D eigenvalue weighted by atomic mass is 10.2. The molecular formula is C15H19NO5. The van der Waals surface area contributed by atoms with Gasteiger partial charge < -0.3 is 9.47 Å². The minimum absolute atomic E-state index is 0.0323. The van der Waals surface area contributed by atoms with Crippen LogP contribution in [-0.2, 0) is 19.1 Å². The highest BCUT2D eigenvalue weighted by atomic mass is 16.6. The normalized spacial score (nSPS) is 15.0. The van der Waals surface area contributed by atoms with E-state index in [4.69, 9.17) is 9.47 Å². The molecule has 0 N–H and O–H groups in total. The van der Waals surface area contributed by atoms with Gasteiger partial charge in [-0.25, -0.2) is 14.4 Å². The summed E-state index contributed by atoms with van der Waals surface area (Å²) in [6, 6.07) is 0. The third-order valence-electron chi connectivity index (χ3n) is 2.39. The van der Waals surface area contributed by atoms with Gasteiger partial charge in [-0.15, -0.1) is 0 Å². The van der Waals surface area contributed by atoms with Gasteiger partial charge in [0.1, 0.15) is 11.5 Å². The molecule has 1 aliphatic heterocycles. The van der Waals surface area contributed by atoms with Crippen molar-refractivity contribution in [2.24, 2.45) is 0 Å². The smallest absolute Gasteiger partial charge is 0.414 e. The van der Waals surface area contributed by atoms with Gasteiger partial charge in [-0.3, -0.25) is 4.90 Å². The first-order valence-electron chi connectivity index (χ1n) is 6.57. The molecule has 0 aromatic carbocycles. The molecule has 0 fully saturated rings. The summed E-state index contributed by atoms with van der Waals surface area (Å²) < 4.78 is 10.1. The Kier molecular flexibility index (Phi) is 5.50. The van der Waals surface area contributed by atoms with Crippen LogP contribution in [0.25, 0.3) is 0 Å². The van der Waals surface area contributed by atoms with E-state index in [1.54, 1.807) is 33.6 Å². The van der Waals surface area contributed by atoms with Gasteiger partial charge in [0.25, 0.3) is 0 Å². The van der Waals surface area contributed by atoms with Crippen LogP contribution in [0.5, 0.6) is 0 Å². The van der Waals surface area contributed by atoms with Crippen LogP contribution in [-0.4, -0.2) is 41.7 Å². The van der Waals surface area contributed by atoms with Gasteiger partial charge >= 0.3 is 12.1 Å². The first kappa shape index (κ1) is 16.7. The summed E-state index contributed by atoms with van der Waals surface area (Å²) in [6.45, 7) is 7.07. The average molecular weight is 293 g/mol. The largest absolute Gasteiger partial charge is 0.463 e. The summed E-state index contributed by atoms with van der Waals surface area (Å²) >= 11 is 0. The summed E-state index contributed by atoms with van der Waals surface area (Å²) in [5.74, 6) is 1.11. The van der Waals surface area contributed by atoms with E-state index in [2.05, 4.69) is 0 Å². The quantitative estimate of drug-likeness (QED) is 0.575. The van der Waals surface area contributed by atoms with Gasteiger partial charge in [0, 0.05) is 6.20 Å². The van der Waals surface area contributed by atoms with Crippen LogP contribution in [0.3, 0.4) is 0 Å². The van der Waals surface area contributed by atoms with Crippen molar-refractivity contribution < 1.29 is 23.9 Å². The molecule has 0 aromatic rings. The van der Waals surface area contributed by atoms with Crippen LogP contribution >= 0.6 is 0 Å². The molecule has 1 aliphatic rings. The Hall–Kier alpha value is -2.33. The lowest BCUT2D eigenvalue weighted by molar-refractivity contribution is -0.138. The monoisotopic (exact) mass is 293 g/mol. The van der Waals surface area contributed by atoms with Gasteiger partial charge in [0.15, 0.2) is 0 Å². The Morgan fingerprint density at radius 3 is 2.57 bits per heavy atom. The molecule has 0 atom stereocenters. The Morgan fingerprint density at radius 1 is 1.38 bits per heavy atom. The maximum absolute atomic E-state index is 12.1. The van der Waals surface area contributed by atoms with E-state index in [0.29, 0.717) is 0 Å². The summed E-state index contributed by atoms with van der Waals surface area (Å²) in [4.78, 5) is 35.9. The van der Waals surface area contributed by atoms with Crippen LogP contribution in [0, 0.1) is 0 Å². The second kappa shape index (κ2) is 6.90. The van der Waals surface area contributed by atoms with Crippen LogP contribution in [0.1, 0.15) is 27.7 Å². The predicted octanol–water partition coefficient (Wildman–Crippen LogP) is 2.00. The van der Waals surface area contributed by atoms with E-state index >= 15 is 0 Å². The number of amides is 1. The molecule has 114 valence electrons. The molecule has 0 saturated carbocycles. The maximum atomic E-state index is 12.1. The van der Waals surface area contributed by atoms with E-state index in [9.17, 15) is 14.4 Å². The first-order valence-corrected chi connectivity index (χ1v) is 6.57. The van der Waals surface area contributed by atoms with Crippen molar-refractivity contribution in [2.75, 3.05) is 13.2 Å². The summed E-state index contributed by atoms with van der Waals surface area (Å²) in [6.07, 6.45) is 3.52. The minimum atomic E-state index is -0.658. The maximum Gasteiger partial charge on any atom is 0.414 e. The topological polar surface area (TPSA) is 72.9 Å². The Balaban J connectivity index is 3.00. The number of carbonyl (C=O) groups excluding carboxylic acids is 3. The summed E-state index contributed by atoms with van der Waals surface area (Å²) in [7, 11) is 0. The third-order valence-corrected chi connectivity index (χ3v) is 2.39. The summed E-state index contributed by atoms with van der Waals surface area (Å²) in [5, 5.41) is 0. The average Bonchev–Trinajstić information content (AvgIpc) is 2.59. The van der Waals surface area contributed by atoms with Crippen LogP contribution in [0.15, 0.2) is 29.5 Å². The lowest BCUT2D eigenvalue weighted by Gasteiger charge is -2.25. The SMILES string of the molecule is CCOC(=O)C1=CC(=C=O)C=CN(C(=O)OC(C)(C)C)C1. The van der Waals surface area contributed by atoms with E-state index in [1.807, 2.05) is 0 Å². The highest BCUT2D eigenvalue weighted by Gasteiger charge is 2.25. The summed E-state index contributed by atoms with van der Waals surface area (Å²) in [5.41, 5.74) is -0.316. The number of rotatable bonds is 2. The van der Waals surface area contributed by atoms with E-state index in [-0.39, 0.29) is 24.3 Å². The van der Waals surface area contributed by atoms with Gasteiger partial charge in [0.05, 0.1) is 24.3 Å². The Bertz CT molecular complexity index is 533. The zero-order valence-electron chi connectivity index (χ0n) is 12.6. The van der Waals surface area contributed by atoms with E-state index in [0.717, 1.165) is 0 Å². The van der Waals surface area contributed by atoms with Crippen molar-refractivity contribution in [3.63, 3.8) is 0 Å². The van der Waals surface area contributed by atoms with Crippen LogP contribution in [0.2, 0.25) is 0 Å². The fourth-order valence-corrected chi connectivity index (χ4v) is 1.54. The molecule has 1 rings (SSSR count). The van der Waals surface area contributed by atoms with Gasteiger partial charge in [-0.1, -0.05) is 0 Å². The Morgan fingerprint density at radius 2 is 2.05 bits per heavy atom. The Labute approximate surface area is 123 Å². The van der Waals surface area contributed by atoms with Crippen molar-refractivity contribution >= 4 is 18.0 Å². The number of allylic oxidation sites excluding steroid dienone is 3. The fourth-order valence-electron chi connectivity index (χ4n) is 1.54. The molecular weight excluding hydrogens is 274 g/mol. The zero-order chi connectivity index (χ0) is 16.0. The molecule has 0 bridgehead atoms. The highest BCUT2D eigenvalue weighted by Crippen LogP contribution is 2.16. The van der Waals surface area contributed by atoms with Gasteiger partial charge in [-0.2, -0.15) is 0 Å². The second-order valence-corrected chi connectivity index (χ2v) is 5.37. The molecule has 1 amide bonds. The zero-order valence-corrected chi connectivity index (χ0v) is 12.6. The molecule has 0 spiro atoms. The number of ether oxygens (including phenoxy) is 2. The second-order valence-electron chi connectivity index (χ2n) is 5.37. The minimum Gasteiger partial charge on any atom is -0.463 e. The number of nitrogens with zero attached hydrogens (tertiary/aromatic N) is 1. The molecule has 6 heteroatoms. The molecule has 21 heavy (non-hydrogen) atoms. The van der Waals surface area contributed by atoms with Crippen molar-refractivity contribution in [1.82, 2.24) is 4.90 Å². The number of hydrogen-bond donors (Lipinski definition) is 0. The van der Waals surface area contributed by atoms with Gasteiger partial charge in [-0.05, 0) is 39.8 Å². The van der Waals surface area contributed by atoms with E-state index < -0.39 is 17.7 Å². The molecule has 0 radical (unpaired) electrons. The van der Waals surface area contributed by atoms with Crippen molar-refractivity contribution in [3.05, 3.63) is 29.5 Å². The molecule has 0 saturated heterocycles. The molecule has 1 heterocycles. The number of esters is 1. The van der Waals surface area contributed by atoms with E-state index in [1.165, 1.54) is 23.3 Å². The molecule has 0 aliphatic carbocycles. The molecule has 6 nitrogen and oxygen atoms in total.